The Labute approximate surface area is 205 Å². The minimum atomic E-state index is -0.487. The van der Waals surface area contributed by atoms with E-state index in [2.05, 4.69) is 10.1 Å². The van der Waals surface area contributed by atoms with Gasteiger partial charge in [0.1, 0.15) is 10.9 Å². The molecule has 3 heterocycles. The van der Waals surface area contributed by atoms with Gasteiger partial charge in [0.15, 0.2) is 5.84 Å². The topological polar surface area (TPSA) is 73.8 Å². The summed E-state index contributed by atoms with van der Waals surface area (Å²) in [5.74, 6) is -1.00. The van der Waals surface area contributed by atoms with Gasteiger partial charge < -0.3 is 4.57 Å². The van der Waals surface area contributed by atoms with Gasteiger partial charge >= 0.3 is 0 Å². The molecule has 1 amide bonds. The number of nitrogens with one attached hydrogen (secondary N) is 1. The number of aromatic nitrogens is 1. The monoisotopic (exact) mass is 491 g/mol. The van der Waals surface area contributed by atoms with Crippen molar-refractivity contribution in [1.82, 2.24) is 9.58 Å². The van der Waals surface area contributed by atoms with Crippen molar-refractivity contribution in [3.05, 3.63) is 93.0 Å². The Bertz CT molecular complexity index is 1490. The second-order valence-electron chi connectivity index (χ2n) is 8.00. The zero-order valence-corrected chi connectivity index (χ0v) is 20.1. The van der Waals surface area contributed by atoms with E-state index in [-0.39, 0.29) is 16.4 Å². The number of rotatable bonds is 3. The number of nitrogens with zero attached hydrogens (tertiary/aromatic N) is 4. The van der Waals surface area contributed by atoms with Crippen LogP contribution in [0.1, 0.15) is 28.1 Å². The van der Waals surface area contributed by atoms with Crippen LogP contribution in [0.4, 0.5) is 4.39 Å². The number of hydrazone groups is 1. The first kappa shape index (κ1) is 22.3. The van der Waals surface area contributed by atoms with E-state index < -0.39 is 11.7 Å². The average molecular weight is 492 g/mol. The second-order valence-corrected chi connectivity index (χ2v) is 9.36. The van der Waals surface area contributed by atoms with Gasteiger partial charge in [0, 0.05) is 22.6 Å². The van der Waals surface area contributed by atoms with Crippen LogP contribution in [-0.4, -0.2) is 31.5 Å². The third kappa shape index (κ3) is 3.69. The highest BCUT2D eigenvalue weighted by Crippen LogP contribution is 2.33. The summed E-state index contributed by atoms with van der Waals surface area (Å²) in [6, 6.07) is 14.2. The molecule has 2 aliphatic rings. The SMILES string of the molecule is Cc1ccccc1C1=NN2C(=N)/C(=C\c3cc(C)n(-c4ccc(F)c(Cl)c4)c3C)C(=O)N=C2S1. The Kier molecular flexibility index (Phi) is 5.50. The Morgan fingerprint density at radius 1 is 1.12 bits per heavy atom. The van der Waals surface area contributed by atoms with Crippen LogP contribution >= 0.6 is 23.4 Å². The summed E-state index contributed by atoms with van der Waals surface area (Å²) in [5.41, 5.74) is 5.30. The Morgan fingerprint density at radius 3 is 2.62 bits per heavy atom. The molecule has 5 rings (SSSR count). The highest BCUT2D eigenvalue weighted by Gasteiger charge is 2.36. The van der Waals surface area contributed by atoms with Crippen molar-refractivity contribution in [2.45, 2.75) is 20.8 Å². The van der Waals surface area contributed by atoms with Gasteiger partial charge in [-0.05, 0) is 74.0 Å². The lowest BCUT2D eigenvalue weighted by Crippen LogP contribution is -2.35. The van der Waals surface area contributed by atoms with Gasteiger partial charge in [-0.3, -0.25) is 10.2 Å². The molecule has 0 saturated carbocycles. The molecule has 0 atom stereocenters. The van der Waals surface area contributed by atoms with Crippen LogP contribution in [0.15, 0.2) is 64.2 Å². The number of hydrogen-bond acceptors (Lipinski definition) is 4. The van der Waals surface area contributed by atoms with Crippen LogP contribution in [0, 0.1) is 32.0 Å². The summed E-state index contributed by atoms with van der Waals surface area (Å²) in [5, 5.41) is 15.7. The number of amides is 1. The molecule has 0 unspecified atom stereocenters. The minimum Gasteiger partial charge on any atom is -0.318 e. The largest absolute Gasteiger partial charge is 0.318 e. The Morgan fingerprint density at radius 2 is 1.88 bits per heavy atom. The Hall–Kier alpha value is -3.49. The number of benzene rings is 2. The minimum absolute atomic E-state index is 0.0271. The molecule has 1 N–H and O–H groups in total. The molecule has 34 heavy (non-hydrogen) atoms. The first-order chi connectivity index (χ1) is 16.2. The highest BCUT2D eigenvalue weighted by molar-refractivity contribution is 8.27. The molecule has 0 radical (unpaired) electrons. The molecule has 0 fully saturated rings. The lowest BCUT2D eigenvalue weighted by molar-refractivity contribution is -0.114. The van der Waals surface area contributed by atoms with E-state index in [0.717, 1.165) is 28.1 Å². The standard InChI is InChI=1S/C25H19ClFN5OS/c1-13-6-4-5-7-18(13)24-30-32-22(28)19(23(33)29-25(32)34-24)11-16-10-14(2)31(15(16)3)17-8-9-21(27)20(26)12-17/h4-12,28H,1-3H3/b19-11+,28-22?. The van der Waals surface area contributed by atoms with Crippen molar-refractivity contribution in [3.8, 4) is 5.69 Å². The van der Waals surface area contributed by atoms with Crippen LogP contribution in [0.5, 0.6) is 0 Å². The third-order valence-electron chi connectivity index (χ3n) is 5.76. The maximum atomic E-state index is 13.6. The fraction of sp³-hybridized carbons (Fsp3) is 0.120. The molecule has 1 aromatic heterocycles. The van der Waals surface area contributed by atoms with E-state index in [0.29, 0.717) is 15.9 Å². The number of carbonyl (C=O) groups excluding carboxylic acids is 1. The molecular formula is C25H19ClFN5OS. The third-order valence-corrected chi connectivity index (χ3v) is 6.99. The van der Waals surface area contributed by atoms with Gasteiger partial charge in [-0.15, -0.1) is 0 Å². The summed E-state index contributed by atoms with van der Waals surface area (Å²) < 4.78 is 15.6. The van der Waals surface area contributed by atoms with E-state index >= 15 is 0 Å². The van der Waals surface area contributed by atoms with Crippen molar-refractivity contribution < 1.29 is 9.18 Å². The van der Waals surface area contributed by atoms with Crippen molar-refractivity contribution in [2.24, 2.45) is 10.1 Å². The molecule has 0 aliphatic carbocycles. The molecule has 6 nitrogen and oxygen atoms in total. The molecule has 2 aromatic carbocycles. The van der Waals surface area contributed by atoms with Gasteiger partial charge in [-0.25, -0.2) is 4.39 Å². The number of fused-ring (bicyclic) bond motifs is 1. The Balaban J connectivity index is 1.52. The lowest BCUT2D eigenvalue weighted by Gasteiger charge is -2.20. The quantitative estimate of drug-likeness (QED) is 0.466. The first-order valence-corrected chi connectivity index (χ1v) is 11.6. The van der Waals surface area contributed by atoms with Gasteiger partial charge in [0.25, 0.3) is 5.91 Å². The van der Waals surface area contributed by atoms with Crippen LogP contribution in [0.25, 0.3) is 11.8 Å². The molecule has 2 aliphatic heterocycles. The summed E-state index contributed by atoms with van der Waals surface area (Å²) in [6.07, 6.45) is 1.65. The number of halogens is 2. The molecule has 9 heteroatoms. The number of carbonyl (C=O) groups is 1. The van der Waals surface area contributed by atoms with E-state index in [1.807, 2.05) is 55.7 Å². The number of thioether (sulfide) groups is 1. The normalized spacial score (nSPS) is 16.7. The average Bonchev–Trinajstić information content (AvgIpc) is 3.34. The van der Waals surface area contributed by atoms with Gasteiger partial charge in [-0.1, -0.05) is 35.9 Å². The van der Waals surface area contributed by atoms with Crippen LogP contribution < -0.4 is 0 Å². The summed E-state index contributed by atoms with van der Waals surface area (Å²) in [4.78, 5) is 17.1. The maximum Gasteiger partial charge on any atom is 0.283 e. The molecular weight excluding hydrogens is 473 g/mol. The number of aryl methyl sites for hydroxylation is 2. The van der Waals surface area contributed by atoms with E-state index in [4.69, 9.17) is 17.0 Å². The molecule has 0 bridgehead atoms. The highest BCUT2D eigenvalue weighted by atomic mass is 35.5. The number of hydrogen-bond donors (Lipinski definition) is 1. The predicted molar refractivity (Wildman–Crippen MR) is 136 cm³/mol. The maximum absolute atomic E-state index is 13.6. The van der Waals surface area contributed by atoms with Gasteiger partial charge in [0.05, 0.1) is 10.6 Å². The first-order valence-electron chi connectivity index (χ1n) is 10.4. The zero-order valence-electron chi connectivity index (χ0n) is 18.6. The van der Waals surface area contributed by atoms with E-state index in [9.17, 15) is 9.18 Å². The zero-order chi connectivity index (χ0) is 24.1. The molecule has 0 spiro atoms. The predicted octanol–water partition coefficient (Wildman–Crippen LogP) is 5.86. The van der Waals surface area contributed by atoms with Crippen LogP contribution in [-0.2, 0) is 4.79 Å². The van der Waals surface area contributed by atoms with Crippen molar-refractivity contribution in [3.63, 3.8) is 0 Å². The van der Waals surface area contributed by atoms with E-state index in [1.165, 1.54) is 22.8 Å². The van der Waals surface area contributed by atoms with Crippen LogP contribution in [0.3, 0.4) is 0 Å². The fourth-order valence-electron chi connectivity index (χ4n) is 4.02. The fourth-order valence-corrected chi connectivity index (χ4v) is 5.18. The number of aliphatic imine (C=N–C) groups is 1. The van der Waals surface area contributed by atoms with E-state index in [1.54, 1.807) is 18.2 Å². The lowest BCUT2D eigenvalue weighted by atomic mass is 10.1. The smallest absolute Gasteiger partial charge is 0.283 e. The van der Waals surface area contributed by atoms with Gasteiger partial charge in [0.2, 0.25) is 5.17 Å². The van der Waals surface area contributed by atoms with Crippen molar-refractivity contribution >= 4 is 51.4 Å². The summed E-state index contributed by atoms with van der Waals surface area (Å²) in [7, 11) is 0. The second kappa shape index (κ2) is 8.38. The summed E-state index contributed by atoms with van der Waals surface area (Å²) >= 11 is 7.26. The molecule has 170 valence electrons. The molecule has 3 aromatic rings. The van der Waals surface area contributed by atoms with Crippen molar-refractivity contribution in [2.75, 3.05) is 0 Å². The summed E-state index contributed by atoms with van der Waals surface area (Å²) in [6.45, 7) is 5.79. The van der Waals surface area contributed by atoms with Crippen LogP contribution in [0.2, 0.25) is 5.02 Å². The number of amidine groups is 2. The van der Waals surface area contributed by atoms with Gasteiger partial charge in [-0.2, -0.15) is 15.1 Å². The van der Waals surface area contributed by atoms with Crippen molar-refractivity contribution in [1.29, 1.82) is 5.41 Å². The molecule has 0 saturated heterocycles.